The van der Waals surface area contributed by atoms with Crippen molar-refractivity contribution in [2.75, 3.05) is 0 Å². The van der Waals surface area contributed by atoms with Gasteiger partial charge in [0.15, 0.2) is 0 Å². The van der Waals surface area contributed by atoms with Crippen molar-refractivity contribution in [2.24, 2.45) is 0 Å². The standard InChI is InChI=1S/C8H3Cl2N2/c9-5-1-2-6-8(7(5)10)12-4-3-11-6/h1-3H. The van der Waals surface area contributed by atoms with Crippen LogP contribution in [0, 0.1) is 6.20 Å². The van der Waals surface area contributed by atoms with Gasteiger partial charge in [-0.3, -0.25) is 4.98 Å². The lowest BCUT2D eigenvalue weighted by Crippen LogP contribution is -1.83. The lowest BCUT2D eigenvalue weighted by atomic mass is 10.3. The summed E-state index contributed by atoms with van der Waals surface area (Å²) in [5.74, 6) is 0. The van der Waals surface area contributed by atoms with Crippen LogP contribution in [0.4, 0.5) is 0 Å². The molecule has 0 fully saturated rings. The summed E-state index contributed by atoms with van der Waals surface area (Å²) in [5, 5.41) is 0.914. The Kier molecular flexibility index (Phi) is 1.87. The maximum atomic E-state index is 5.87. The molecule has 4 heteroatoms. The summed E-state index contributed by atoms with van der Waals surface area (Å²) < 4.78 is 0. The molecule has 2 nitrogen and oxygen atoms in total. The zero-order valence-corrected chi connectivity index (χ0v) is 7.39. The summed E-state index contributed by atoms with van der Waals surface area (Å²) in [7, 11) is 0. The van der Waals surface area contributed by atoms with Gasteiger partial charge in [0.1, 0.15) is 11.7 Å². The smallest absolute Gasteiger partial charge is 0.110 e. The average molecular weight is 198 g/mol. The molecule has 0 aliphatic rings. The number of benzene rings is 1. The number of rotatable bonds is 0. The summed E-state index contributed by atoms with van der Waals surface area (Å²) in [6, 6.07) is 3.46. The van der Waals surface area contributed by atoms with Crippen molar-refractivity contribution in [3.63, 3.8) is 0 Å². The van der Waals surface area contributed by atoms with E-state index in [0.29, 0.717) is 15.6 Å². The van der Waals surface area contributed by atoms with Gasteiger partial charge in [-0.1, -0.05) is 23.2 Å². The van der Waals surface area contributed by atoms with Crippen molar-refractivity contribution in [1.82, 2.24) is 9.97 Å². The minimum absolute atomic E-state index is 0.429. The zero-order chi connectivity index (χ0) is 8.55. The van der Waals surface area contributed by atoms with Crippen molar-refractivity contribution in [2.45, 2.75) is 0 Å². The largest absolute Gasteiger partial charge is 0.252 e. The molecule has 0 amide bonds. The third-order valence-corrected chi connectivity index (χ3v) is 2.28. The monoisotopic (exact) mass is 197 g/mol. The van der Waals surface area contributed by atoms with E-state index in [0.717, 1.165) is 5.52 Å². The van der Waals surface area contributed by atoms with E-state index in [2.05, 4.69) is 16.2 Å². The normalized spacial score (nSPS) is 10.5. The number of hydrogen-bond acceptors (Lipinski definition) is 2. The van der Waals surface area contributed by atoms with Gasteiger partial charge < -0.3 is 0 Å². The first-order valence-corrected chi connectivity index (χ1v) is 4.01. The van der Waals surface area contributed by atoms with Crippen LogP contribution in [0.1, 0.15) is 0 Å². The molecular formula is C8H3Cl2N2. The first kappa shape index (κ1) is 7.77. The second-order valence-corrected chi connectivity index (χ2v) is 3.01. The molecule has 59 valence electrons. The van der Waals surface area contributed by atoms with Gasteiger partial charge in [0.05, 0.1) is 21.8 Å². The van der Waals surface area contributed by atoms with Crippen molar-refractivity contribution < 1.29 is 0 Å². The second kappa shape index (κ2) is 2.88. The highest BCUT2D eigenvalue weighted by atomic mass is 35.5. The van der Waals surface area contributed by atoms with Gasteiger partial charge in [0.2, 0.25) is 0 Å². The molecule has 0 aliphatic carbocycles. The molecule has 0 aliphatic heterocycles. The van der Waals surface area contributed by atoms with Crippen LogP contribution in [0.5, 0.6) is 0 Å². The first-order valence-electron chi connectivity index (χ1n) is 3.26. The molecule has 1 radical (unpaired) electrons. The van der Waals surface area contributed by atoms with Crippen LogP contribution in [-0.2, 0) is 0 Å². The molecular weight excluding hydrogens is 195 g/mol. The van der Waals surface area contributed by atoms with Crippen LogP contribution < -0.4 is 0 Å². The first-order chi connectivity index (χ1) is 5.79. The highest BCUT2D eigenvalue weighted by Crippen LogP contribution is 2.27. The lowest BCUT2D eigenvalue weighted by Gasteiger charge is -1.98. The van der Waals surface area contributed by atoms with Crippen LogP contribution >= 0.6 is 23.2 Å². The van der Waals surface area contributed by atoms with Crippen molar-refractivity contribution >= 4 is 34.2 Å². The average Bonchev–Trinajstić information content (AvgIpc) is 2.12. The van der Waals surface area contributed by atoms with Crippen LogP contribution in [0.3, 0.4) is 0 Å². The fourth-order valence-corrected chi connectivity index (χ4v) is 1.29. The van der Waals surface area contributed by atoms with Gasteiger partial charge in [0.25, 0.3) is 0 Å². The van der Waals surface area contributed by atoms with Crippen LogP contribution in [0.25, 0.3) is 11.0 Å². The summed E-state index contributed by atoms with van der Waals surface area (Å²) in [5.41, 5.74) is 1.31. The minimum Gasteiger partial charge on any atom is -0.252 e. The Bertz CT molecular complexity index is 428. The van der Waals surface area contributed by atoms with Crippen LogP contribution in [0.2, 0.25) is 10.0 Å². The maximum Gasteiger partial charge on any atom is 0.110 e. The number of fused-ring (bicyclic) bond motifs is 1. The summed E-state index contributed by atoms with van der Waals surface area (Å²) in [6.45, 7) is 0. The van der Waals surface area contributed by atoms with E-state index in [1.54, 1.807) is 12.1 Å². The van der Waals surface area contributed by atoms with E-state index in [1.165, 1.54) is 6.20 Å². The Morgan fingerprint density at radius 2 is 2.08 bits per heavy atom. The van der Waals surface area contributed by atoms with E-state index in [4.69, 9.17) is 23.2 Å². The van der Waals surface area contributed by atoms with E-state index >= 15 is 0 Å². The Morgan fingerprint density at radius 1 is 1.25 bits per heavy atom. The molecule has 0 unspecified atom stereocenters. The van der Waals surface area contributed by atoms with Gasteiger partial charge in [-0.2, -0.15) is 0 Å². The predicted octanol–water partition coefficient (Wildman–Crippen LogP) is 2.74. The Balaban J connectivity index is 2.91. The van der Waals surface area contributed by atoms with Crippen LogP contribution in [0.15, 0.2) is 18.3 Å². The number of halogens is 2. The predicted molar refractivity (Wildman–Crippen MR) is 48.4 cm³/mol. The third-order valence-electron chi connectivity index (χ3n) is 1.49. The molecule has 0 spiro atoms. The number of nitrogens with zero attached hydrogens (tertiary/aromatic N) is 2. The molecule has 1 heterocycles. The molecule has 0 atom stereocenters. The Morgan fingerprint density at radius 3 is 2.92 bits per heavy atom. The van der Waals surface area contributed by atoms with Gasteiger partial charge in [-0.25, -0.2) is 4.98 Å². The van der Waals surface area contributed by atoms with Crippen LogP contribution in [-0.4, -0.2) is 9.97 Å². The summed E-state index contributed by atoms with van der Waals surface area (Å²) in [4.78, 5) is 7.96. The van der Waals surface area contributed by atoms with Crippen molar-refractivity contribution in [1.29, 1.82) is 0 Å². The van der Waals surface area contributed by atoms with Gasteiger partial charge in [-0.05, 0) is 12.1 Å². The molecule has 2 aromatic rings. The van der Waals surface area contributed by atoms with Gasteiger partial charge in [-0.15, -0.1) is 0 Å². The highest BCUT2D eigenvalue weighted by molar-refractivity contribution is 6.44. The fourth-order valence-electron chi connectivity index (χ4n) is 0.932. The van der Waals surface area contributed by atoms with E-state index in [-0.39, 0.29) is 0 Å². The van der Waals surface area contributed by atoms with Crippen molar-refractivity contribution in [3.8, 4) is 0 Å². The Labute approximate surface area is 79.2 Å². The minimum atomic E-state index is 0.429. The SMILES string of the molecule is Clc1ccc2nc[c]nc2c1Cl. The third kappa shape index (κ3) is 1.13. The zero-order valence-electron chi connectivity index (χ0n) is 5.88. The molecule has 1 aromatic heterocycles. The lowest BCUT2D eigenvalue weighted by molar-refractivity contribution is 1.28. The van der Waals surface area contributed by atoms with E-state index in [1.807, 2.05) is 0 Å². The molecule has 2 rings (SSSR count). The van der Waals surface area contributed by atoms with E-state index < -0.39 is 0 Å². The quantitative estimate of drug-likeness (QED) is 0.650. The molecule has 0 bridgehead atoms. The topological polar surface area (TPSA) is 25.8 Å². The molecule has 0 N–H and O–H groups in total. The van der Waals surface area contributed by atoms with Gasteiger partial charge >= 0.3 is 0 Å². The van der Waals surface area contributed by atoms with Crippen molar-refractivity contribution in [3.05, 3.63) is 34.6 Å². The Hall–Kier alpha value is -0.860. The van der Waals surface area contributed by atoms with Gasteiger partial charge in [0, 0.05) is 0 Å². The molecule has 12 heavy (non-hydrogen) atoms. The number of hydrogen-bond donors (Lipinski definition) is 0. The highest BCUT2D eigenvalue weighted by Gasteiger charge is 2.04. The summed E-state index contributed by atoms with van der Waals surface area (Å²) in [6.07, 6.45) is 4.09. The molecule has 0 saturated heterocycles. The second-order valence-electron chi connectivity index (χ2n) is 2.23. The molecule has 1 aromatic carbocycles. The molecule has 0 saturated carbocycles. The maximum absolute atomic E-state index is 5.87. The number of aromatic nitrogens is 2. The summed E-state index contributed by atoms with van der Waals surface area (Å²) >= 11 is 11.6. The van der Waals surface area contributed by atoms with E-state index in [9.17, 15) is 0 Å². The fraction of sp³-hybridized carbons (Fsp3) is 0.